The standard InChI is InChI=1S/C29H53NO/c1-3-7-28(29(30)31)17-14-23-9-6-11-25-19-18-24-10-5-8-22(4-2)12-15-26(24)20-21-27(25)16-13-23/h22-28H,3-21H2,1-2H3,(H2,30,31)/t22-,23?,24?,25?,26?,27-,28?/m0/s1. The lowest BCUT2D eigenvalue weighted by Gasteiger charge is -2.39. The zero-order valence-corrected chi connectivity index (χ0v) is 21.0. The first-order valence-corrected chi connectivity index (χ1v) is 14.4. The molecule has 180 valence electrons. The van der Waals surface area contributed by atoms with E-state index in [1.165, 1.54) is 103 Å². The highest BCUT2D eigenvalue weighted by atomic mass is 16.1. The van der Waals surface area contributed by atoms with Crippen molar-refractivity contribution in [2.75, 3.05) is 0 Å². The minimum absolute atomic E-state index is 0.0631. The van der Waals surface area contributed by atoms with Crippen LogP contribution in [0.5, 0.6) is 0 Å². The van der Waals surface area contributed by atoms with Gasteiger partial charge in [-0.25, -0.2) is 0 Å². The summed E-state index contributed by atoms with van der Waals surface area (Å²) in [4.78, 5) is 11.8. The quantitative estimate of drug-likeness (QED) is 0.433. The lowest BCUT2D eigenvalue weighted by atomic mass is 9.66. The molecule has 0 bridgehead atoms. The summed E-state index contributed by atoms with van der Waals surface area (Å²) < 4.78 is 0. The van der Waals surface area contributed by atoms with E-state index in [1.807, 2.05) is 0 Å². The molecule has 31 heavy (non-hydrogen) atoms. The van der Waals surface area contributed by atoms with Crippen LogP contribution in [-0.2, 0) is 4.79 Å². The number of hydrogen-bond acceptors (Lipinski definition) is 1. The smallest absolute Gasteiger partial charge is 0.220 e. The number of primary amides is 1. The van der Waals surface area contributed by atoms with Gasteiger partial charge in [0, 0.05) is 5.92 Å². The molecule has 0 aromatic carbocycles. The van der Waals surface area contributed by atoms with E-state index in [2.05, 4.69) is 13.8 Å². The Labute approximate surface area is 193 Å². The fraction of sp³-hybridized carbons (Fsp3) is 0.966. The van der Waals surface area contributed by atoms with Crippen molar-refractivity contribution in [3.63, 3.8) is 0 Å². The molecule has 3 aliphatic rings. The van der Waals surface area contributed by atoms with Gasteiger partial charge in [-0.15, -0.1) is 0 Å². The molecule has 0 heterocycles. The molecular formula is C29H53NO. The van der Waals surface area contributed by atoms with E-state index in [0.717, 1.165) is 54.8 Å². The Morgan fingerprint density at radius 2 is 1.16 bits per heavy atom. The van der Waals surface area contributed by atoms with E-state index in [-0.39, 0.29) is 11.8 Å². The molecule has 3 aliphatic carbocycles. The molecule has 3 rings (SSSR count). The SMILES string of the molecule is CCCC(CCC1CCCC2CCC3CCC[C@H](CC)CCC3CC[C@@H]2CC1)C(N)=O. The number of nitrogens with two attached hydrogens (primary N) is 1. The number of amides is 1. The number of carbonyl (C=O) groups is 1. The highest BCUT2D eigenvalue weighted by molar-refractivity contribution is 5.76. The topological polar surface area (TPSA) is 43.1 Å². The van der Waals surface area contributed by atoms with Crippen molar-refractivity contribution < 1.29 is 4.79 Å². The summed E-state index contributed by atoms with van der Waals surface area (Å²) in [5.41, 5.74) is 5.67. The van der Waals surface area contributed by atoms with Crippen LogP contribution in [0.4, 0.5) is 0 Å². The monoisotopic (exact) mass is 431 g/mol. The Bertz CT molecular complexity index is 517. The maximum absolute atomic E-state index is 11.8. The second kappa shape index (κ2) is 13.2. The van der Waals surface area contributed by atoms with Gasteiger partial charge in [0.1, 0.15) is 0 Å². The second-order valence-corrected chi connectivity index (χ2v) is 11.8. The summed E-state index contributed by atoms with van der Waals surface area (Å²) in [6.07, 6.45) is 26.5. The predicted molar refractivity (Wildman–Crippen MR) is 133 cm³/mol. The summed E-state index contributed by atoms with van der Waals surface area (Å²) in [5.74, 6) is 5.97. The maximum Gasteiger partial charge on any atom is 0.220 e. The molecule has 0 aromatic rings. The molecule has 0 spiro atoms. The second-order valence-electron chi connectivity index (χ2n) is 11.8. The van der Waals surface area contributed by atoms with Gasteiger partial charge in [-0.05, 0) is 93.3 Å². The van der Waals surface area contributed by atoms with Crippen molar-refractivity contribution in [1.82, 2.24) is 0 Å². The van der Waals surface area contributed by atoms with Crippen LogP contribution in [0.3, 0.4) is 0 Å². The Balaban J connectivity index is 1.51. The van der Waals surface area contributed by atoms with Gasteiger partial charge < -0.3 is 5.73 Å². The van der Waals surface area contributed by atoms with E-state index in [0.29, 0.717) is 0 Å². The largest absolute Gasteiger partial charge is 0.369 e. The number of hydrogen-bond donors (Lipinski definition) is 1. The van der Waals surface area contributed by atoms with Crippen molar-refractivity contribution in [3.8, 4) is 0 Å². The molecule has 2 N–H and O–H groups in total. The molecule has 3 saturated carbocycles. The number of fused-ring (bicyclic) bond motifs is 2. The first-order chi connectivity index (χ1) is 15.1. The van der Waals surface area contributed by atoms with Crippen molar-refractivity contribution in [2.24, 2.45) is 47.2 Å². The molecule has 0 aromatic heterocycles. The molecule has 0 saturated heterocycles. The first kappa shape index (κ1) is 25.1. The minimum Gasteiger partial charge on any atom is -0.369 e. The number of carbonyl (C=O) groups excluding carboxylic acids is 1. The fourth-order valence-corrected chi connectivity index (χ4v) is 7.76. The average molecular weight is 432 g/mol. The van der Waals surface area contributed by atoms with Crippen molar-refractivity contribution in [3.05, 3.63) is 0 Å². The summed E-state index contributed by atoms with van der Waals surface area (Å²) in [6, 6.07) is 0. The molecule has 2 heteroatoms. The van der Waals surface area contributed by atoms with Gasteiger partial charge in [0.05, 0.1) is 0 Å². The fourth-order valence-electron chi connectivity index (χ4n) is 7.76. The molecular weight excluding hydrogens is 378 g/mol. The van der Waals surface area contributed by atoms with E-state index in [4.69, 9.17) is 5.73 Å². The van der Waals surface area contributed by atoms with Crippen LogP contribution in [0, 0.1) is 41.4 Å². The average Bonchev–Trinajstić information content (AvgIpc) is 2.72. The molecule has 2 nitrogen and oxygen atoms in total. The van der Waals surface area contributed by atoms with Gasteiger partial charge in [-0.2, -0.15) is 0 Å². The zero-order chi connectivity index (χ0) is 22.1. The lowest BCUT2D eigenvalue weighted by molar-refractivity contribution is -0.122. The molecule has 7 atom stereocenters. The third-order valence-electron chi connectivity index (χ3n) is 9.96. The molecule has 0 aliphatic heterocycles. The third-order valence-corrected chi connectivity index (χ3v) is 9.96. The van der Waals surface area contributed by atoms with Crippen LogP contribution in [0.1, 0.15) is 136 Å². The summed E-state index contributed by atoms with van der Waals surface area (Å²) in [5, 5.41) is 0. The van der Waals surface area contributed by atoms with Gasteiger partial charge in [0.15, 0.2) is 0 Å². The Kier molecular flexibility index (Phi) is 10.7. The maximum atomic E-state index is 11.8. The van der Waals surface area contributed by atoms with E-state index in [9.17, 15) is 4.79 Å². The lowest BCUT2D eigenvalue weighted by Crippen LogP contribution is -2.28. The predicted octanol–water partition coefficient (Wildman–Crippen LogP) is 8.28. The molecule has 1 amide bonds. The van der Waals surface area contributed by atoms with Gasteiger partial charge in [-0.3, -0.25) is 4.79 Å². The normalized spacial score (nSPS) is 36.3. The van der Waals surface area contributed by atoms with Crippen molar-refractivity contribution in [2.45, 2.75) is 136 Å². The Morgan fingerprint density at radius 1 is 0.677 bits per heavy atom. The van der Waals surface area contributed by atoms with Crippen molar-refractivity contribution in [1.29, 1.82) is 0 Å². The summed E-state index contributed by atoms with van der Waals surface area (Å²) >= 11 is 0. The van der Waals surface area contributed by atoms with Crippen LogP contribution in [0.2, 0.25) is 0 Å². The van der Waals surface area contributed by atoms with Crippen LogP contribution in [0.25, 0.3) is 0 Å². The Hall–Kier alpha value is -0.530. The van der Waals surface area contributed by atoms with E-state index >= 15 is 0 Å². The van der Waals surface area contributed by atoms with Gasteiger partial charge >= 0.3 is 0 Å². The molecule has 3 fully saturated rings. The van der Waals surface area contributed by atoms with Crippen LogP contribution < -0.4 is 5.73 Å². The van der Waals surface area contributed by atoms with E-state index in [1.54, 1.807) is 0 Å². The zero-order valence-electron chi connectivity index (χ0n) is 21.0. The first-order valence-electron chi connectivity index (χ1n) is 14.4. The van der Waals surface area contributed by atoms with Crippen LogP contribution in [-0.4, -0.2) is 5.91 Å². The third kappa shape index (κ3) is 7.78. The van der Waals surface area contributed by atoms with Gasteiger partial charge in [0.2, 0.25) is 5.91 Å². The minimum atomic E-state index is -0.0631. The van der Waals surface area contributed by atoms with Crippen LogP contribution in [0.15, 0.2) is 0 Å². The van der Waals surface area contributed by atoms with Crippen molar-refractivity contribution >= 4 is 5.91 Å². The summed E-state index contributed by atoms with van der Waals surface area (Å²) in [7, 11) is 0. The summed E-state index contributed by atoms with van der Waals surface area (Å²) in [6.45, 7) is 4.58. The van der Waals surface area contributed by atoms with Gasteiger partial charge in [-0.1, -0.05) is 78.1 Å². The highest BCUT2D eigenvalue weighted by Gasteiger charge is 2.33. The Morgan fingerprint density at radius 3 is 1.68 bits per heavy atom. The van der Waals surface area contributed by atoms with Gasteiger partial charge in [0.25, 0.3) is 0 Å². The number of rotatable bonds is 7. The highest BCUT2D eigenvalue weighted by Crippen LogP contribution is 2.45. The molecule has 5 unspecified atom stereocenters. The van der Waals surface area contributed by atoms with E-state index < -0.39 is 0 Å². The molecule has 0 radical (unpaired) electrons. The van der Waals surface area contributed by atoms with Crippen LogP contribution >= 0.6 is 0 Å².